The minimum absolute atomic E-state index is 1.23. The van der Waals surface area contributed by atoms with Gasteiger partial charge in [-0.25, -0.2) is 0 Å². The first-order chi connectivity index (χ1) is 7.58. The molecule has 0 radical (unpaired) electrons. The first-order valence-electron chi connectivity index (χ1n) is 5.23. The average molecular weight is 235 g/mol. The van der Waals surface area contributed by atoms with Crippen LogP contribution in [0.15, 0.2) is 37.4 Å². The third-order valence-corrected chi connectivity index (χ3v) is 2.77. The Kier molecular flexibility index (Phi) is 7.31. The Morgan fingerprint density at radius 1 is 0.812 bits per heavy atom. The normalized spacial score (nSPS) is 8.50. The molecule has 2 heterocycles. The zero-order valence-corrected chi connectivity index (χ0v) is 11.4. The number of hydrogen-bond donors (Lipinski definition) is 1. The highest BCUT2D eigenvalue weighted by Gasteiger charge is 1.84. The van der Waals surface area contributed by atoms with Gasteiger partial charge in [-0.3, -0.25) is 0 Å². The molecule has 0 unspecified atom stereocenters. The number of H-pyrrole nitrogens is 1. The molecular formula is C14H21NS. The molecule has 2 aromatic rings. The van der Waals surface area contributed by atoms with Crippen LogP contribution in [0.25, 0.3) is 0 Å². The highest BCUT2D eigenvalue weighted by molar-refractivity contribution is 7.11. The molecule has 0 aliphatic rings. The third kappa shape index (κ3) is 6.25. The van der Waals surface area contributed by atoms with Gasteiger partial charge < -0.3 is 4.98 Å². The van der Waals surface area contributed by atoms with Crippen molar-refractivity contribution in [3.8, 4) is 0 Å². The van der Waals surface area contributed by atoms with E-state index in [1.54, 1.807) is 0 Å². The molecule has 2 rings (SSSR count). The number of aromatic nitrogens is 1. The number of hydrogen-bond acceptors (Lipinski definition) is 1. The lowest BCUT2D eigenvalue weighted by atomic mass is 10.5. The highest BCUT2D eigenvalue weighted by atomic mass is 32.1. The maximum atomic E-state index is 3.14. The summed E-state index contributed by atoms with van der Waals surface area (Å²) in [7, 11) is 0. The standard InChI is InChI=1S/C6H9N.C6H8S.C2H4/c2*1-5-3-4-6(2)7-5;1-2/h3-4,7H,1-2H3;3-4H,1-2H3;1-2H2. The molecule has 2 aromatic heterocycles. The summed E-state index contributed by atoms with van der Waals surface area (Å²) in [6, 6.07) is 8.41. The summed E-state index contributed by atoms with van der Waals surface area (Å²) in [5, 5.41) is 0. The topological polar surface area (TPSA) is 15.8 Å². The van der Waals surface area contributed by atoms with Gasteiger partial charge in [-0.05, 0) is 52.0 Å². The maximum Gasteiger partial charge on any atom is 0.0117 e. The second-order valence-electron chi connectivity index (χ2n) is 3.48. The number of thiophene rings is 1. The van der Waals surface area contributed by atoms with Crippen molar-refractivity contribution in [2.24, 2.45) is 0 Å². The second kappa shape index (κ2) is 7.94. The van der Waals surface area contributed by atoms with Crippen molar-refractivity contribution in [2.75, 3.05) is 0 Å². The van der Waals surface area contributed by atoms with Gasteiger partial charge in [0.2, 0.25) is 0 Å². The first-order valence-corrected chi connectivity index (χ1v) is 6.05. The van der Waals surface area contributed by atoms with E-state index in [1.807, 2.05) is 25.2 Å². The fourth-order valence-corrected chi connectivity index (χ4v) is 1.98. The molecule has 0 atom stereocenters. The van der Waals surface area contributed by atoms with Gasteiger partial charge in [0.15, 0.2) is 0 Å². The molecule has 0 aliphatic carbocycles. The predicted octanol–water partition coefficient (Wildman–Crippen LogP) is 4.80. The van der Waals surface area contributed by atoms with Gasteiger partial charge in [0.25, 0.3) is 0 Å². The lowest BCUT2D eigenvalue weighted by Crippen LogP contribution is -1.67. The van der Waals surface area contributed by atoms with Gasteiger partial charge in [0, 0.05) is 21.1 Å². The quantitative estimate of drug-likeness (QED) is 0.631. The molecule has 0 fully saturated rings. The van der Waals surface area contributed by atoms with Crippen LogP contribution < -0.4 is 0 Å². The molecule has 1 nitrogen and oxygen atoms in total. The van der Waals surface area contributed by atoms with Gasteiger partial charge in [0.1, 0.15) is 0 Å². The average Bonchev–Trinajstić information content (AvgIpc) is 2.80. The Morgan fingerprint density at radius 2 is 1.19 bits per heavy atom. The SMILES string of the molecule is C=C.Cc1ccc(C)[nH]1.Cc1ccc(C)s1. The lowest BCUT2D eigenvalue weighted by molar-refractivity contribution is 1.19. The van der Waals surface area contributed by atoms with Crippen LogP contribution in [0.2, 0.25) is 0 Å². The van der Waals surface area contributed by atoms with Crippen molar-refractivity contribution >= 4 is 11.3 Å². The minimum atomic E-state index is 1.23. The van der Waals surface area contributed by atoms with E-state index < -0.39 is 0 Å². The van der Waals surface area contributed by atoms with E-state index in [-0.39, 0.29) is 0 Å². The van der Waals surface area contributed by atoms with Crippen molar-refractivity contribution < 1.29 is 0 Å². The van der Waals surface area contributed by atoms with Crippen LogP contribution in [0.3, 0.4) is 0 Å². The Morgan fingerprint density at radius 3 is 1.31 bits per heavy atom. The molecule has 16 heavy (non-hydrogen) atoms. The maximum absolute atomic E-state index is 3.14. The van der Waals surface area contributed by atoms with Crippen LogP contribution in [0.1, 0.15) is 21.1 Å². The van der Waals surface area contributed by atoms with Crippen molar-refractivity contribution in [1.29, 1.82) is 0 Å². The number of nitrogens with one attached hydrogen (secondary N) is 1. The summed E-state index contributed by atoms with van der Waals surface area (Å²) in [6.07, 6.45) is 0. The summed E-state index contributed by atoms with van der Waals surface area (Å²) >= 11 is 1.84. The Balaban J connectivity index is 0.000000244. The zero-order valence-electron chi connectivity index (χ0n) is 10.6. The van der Waals surface area contributed by atoms with Gasteiger partial charge in [-0.2, -0.15) is 0 Å². The van der Waals surface area contributed by atoms with Crippen LogP contribution in [0.4, 0.5) is 0 Å². The Hall–Kier alpha value is -1.28. The van der Waals surface area contributed by atoms with Gasteiger partial charge in [0.05, 0.1) is 0 Å². The monoisotopic (exact) mass is 235 g/mol. The largest absolute Gasteiger partial charge is 0.363 e. The molecular weight excluding hydrogens is 214 g/mol. The summed E-state index contributed by atoms with van der Waals surface area (Å²) in [6.45, 7) is 14.3. The zero-order chi connectivity index (χ0) is 12.6. The Bertz CT molecular complexity index is 327. The Labute approximate surface area is 103 Å². The van der Waals surface area contributed by atoms with E-state index in [9.17, 15) is 0 Å². The van der Waals surface area contributed by atoms with Crippen molar-refractivity contribution in [1.82, 2.24) is 4.98 Å². The lowest BCUT2D eigenvalue weighted by Gasteiger charge is -1.77. The fraction of sp³-hybridized carbons (Fsp3) is 0.286. The molecule has 2 heteroatoms. The van der Waals surface area contributed by atoms with E-state index in [2.05, 4.69) is 56.3 Å². The third-order valence-electron chi connectivity index (χ3n) is 1.85. The first kappa shape index (κ1) is 14.7. The molecule has 0 aliphatic heterocycles. The van der Waals surface area contributed by atoms with E-state index in [0.29, 0.717) is 0 Å². The van der Waals surface area contributed by atoms with Crippen LogP contribution in [-0.4, -0.2) is 4.98 Å². The van der Waals surface area contributed by atoms with Crippen LogP contribution in [-0.2, 0) is 0 Å². The summed E-state index contributed by atoms with van der Waals surface area (Å²) in [5.74, 6) is 0. The number of aryl methyl sites for hydroxylation is 4. The number of rotatable bonds is 0. The fourth-order valence-electron chi connectivity index (χ4n) is 1.20. The summed E-state index contributed by atoms with van der Waals surface area (Å²) in [5.41, 5.74) is 2.47. The van der Waals surface area contributed by atoms with Gasteiger partial charge in [-0.15, -0.1) is 24.5 Å². The van der Waals surface area contributed by atoms with Crippen molar-refractivity contribution in [3.05, 3.63) is 58.6 Å². The minimum Gasteiger partial charge on any atom is -0.363 e. The predicted molar refractivity (Wildman–Crippen MR) is 75.3 cm³/mol. The molecule has 1 N–H and O–H groups in total. The molecule has 88 valence electrons. The molecule has 0 saturated heterocycles. The van der Waals surface area contributed by atoms with E-state index >= 15 is 0 Å². The summed E-state index contributed by atoms with van der Waals surface area (Å²) in [4.78, 5) is 5.94. The molecule has 0 bridgehead atoms. The van der Waals surface area contributed by atoms with Gasteiger partial charge in [-0.1, -0.05) is 0 Å². The smallest absolute Gasteiger partial charge is 0.0117 e. The van der Waals surface area contributed by atoms with Crippen molar-refractivity contribution in [2.45, 2.75) is 27.7 Å². The van der Waals surface area contributed by atoms with E-state index in [4.69, 9.17) is 0 Å². The summed E-state index contributed by atoms with van der Waals surface area (Å²) < 4.78 is 0. The highest BCUT2D eigenvalue weighted by Crippen LogP contribution is 2.12. The number of aromatic amines is 1. The van der Waals surface area contributed by atoms with E-state index in [0.717, 1.165) is 0 Å². The second-order valence-corrected chi connectivity index (χ2v) is 4.97. The van der Waals surface area contributed by atoms with Crippen LogP contribution >= 0.6 is 11.3 Å². The van der Waals surface area contributed by atoms with Crippen LogP contribution in [0.5, 0.6) is 0 Å². The van der Waals surface area contributed by atoms with E-state index in [1.165, 1.54) is 21.1 Å². The van der Waals surface area contributed by atoms with Crippen LogP contribution in [0, 0.1) is 27.7 Å². The molecule has 0 spiro atoms. The van der Waals surface area contributed by atoms with Gasteiger partial charge >= 0.3 is 0 Å². The molecule has 0 aromatic carbocycles. The molecule has 0 saturated carbocycles. The molecule has 0 amide bonds. The van der Waals surface area contributed by atoms with Crippen molar-refractivity contribution in [3.63, 3.8) is 0 Å².